The van der Waals surface area contributed by atoms with E-state index in [0.29, 0.717) is 44.9 Å². The first-order valence-corrected chi connectivity index (χ1v) is 23.8. The van der Waals surface area contributed by atoms with E-state index < -0.39 is 64.8 Å². The Morgan fingerprint density at radius 1 is 0.864 bits per heavy atom. The average Bonchev–Trinajstić information content (AvgIpc) is 3.55. The number of carbonyl (C=O) groups is 2. The van der Waals surface area contributed by atoms with Crippen LogP contribution >= 0.6 is 0 Å². The maximum atomic E-state index is 14.7. The number of aliphatic hydroxyl groups excluding tert-OH is 1. The van der Waals surface area contributed by atoms with Gasteiger partial charge >= 0.3 is 5.97 Å². The Hall–Kier alpha value is -1.44. The summed E-state index contributed by atoms with van der Waals surface area (Å²) in [5.41, 5.74) is -1.49. The van der Waals surface area contributed by atoms with Crippen molar-refractivity contribution in [2.75, 3.05) is 6.54 Å². The molecule has 3 unspecified atom stereocenters. The highest BCUT2D eigenvalue weighted by molar-refractivity contribution is 5.84. The van der Waals surface area contributed by atoms with E-state index >= 15 is 0 Å². The highest BCUT2D eigenvalue weighted by Gasteiger charge is 2.63. The molecule has 340 valence electrons. The normalized spacial score (nSPS) is 42.7. The lowest BCUT2D eigenvalue weighted by Crippen LogP contribution is -2.65. The molecule has 0 bridgehead atoms. The van der Waals surface area contributed by atoms with Crippen molar-refractivity contribution in [3.63, 3.8) is 0 Å². The number of carbonyl (C=O) groups excluding carboxylic acids is 1. The van der Waals surface area contributed by atoms with Gasteiger partial charge in [-0.05, 0) is 103 Å². The third-order valence-electron chi connectivity index (χ3n) is 15.9. The minimum Gasteiger partial charge on any atom is -0.481 e. The summed E-state index contributed by atoms with van der Waals surface area (Å²) >= 11 is 0. The van der Waals surface area contributed by atoms with Crippen LogP contribution in [0, 0.1) is 41.4 Å². The molecular weight excluding hydrogens is 751 g/mol. The molecule has 0 aromatic carbocycles. The van der Waals surface area contributed by atoms with Gasteiger partial charge in [0.2, 0.25) is 0 Å². The molecule has 4 fully saturated rings. The monoisotopic (exact) mass is 834 g/mol. The van der Waals surface area contributed by atoms with Crippen LogP contribution in [-0.2, 0) is 33.3 Å². The summed E-state index contributed by atoms with van der Waals surface area (Å²) in [5, 5.41) is 36.7. The molecule has 5 rings (SSSR count). The number of Topliss-reactive ketones (excluding diaryl/α,β-unsaturated/α-hetero) is 1. The van der Waals surface area contributed by atoms with Gasteiger partial charge in [-0.25, -0.2) is 0 Å². The summed E-state index contributed by atoms with van der Waals surface area (Å²) in [5.74, 6) is -5.03. The van der Waals surface area contributed by atoms with Crippen LogP contribution in [-0.4, -0.2) is 99.1 Å². The fourth-order valence-electron chi connectivity index (χ4n) is 11.5. The molecule has 5 aliphatic rings. The molecule has 59 heavy (non-hydrogen) atoms. The molecule has 4 N–H and O–H groups in total. The van der Waals surface area contributed by atoms with Gasteiger partial charge in [-0.2, -0.15) is 0 Å². The summed E-state index contributed by atoms with van der Waals surface area (Å²) in [4.78, 5) is 26.7. The SMILES string of the molecule is CCCCCCN[C@@H]1C=C[C@]2(O[C@H]([C@@H](CC)C(=O)[C@@H](C)[C@@H](O)[C@H](C)C3OC(C(CC)C(=O)O)CC[C@@H]3C)[C@@H](C)C[C@H]2C)O[C@@]12CC[C@@](C)([C@H]1CC[C@](O)(CC)[C@H](C)O1)O2. The fourth-order valence-corrected chi connectivity index (χ4v) is 11.5. The number of nitrogens with one attached hydrogen (secondary N) is 1. The predicted molar refractivity (Wildman–Crippen MR) is 229 cm³/mol. The number of ketones is 1. The van der Waals surface area contributed by atoms with Crippen LogP contribution in [0.15, 0.2) is 12.2 Å². The zero-order valence-corrected chi connectivity index (χ0v) is 38.5. The molecule has 11 nitrogen and oxygen atoms in total. The number of carboxylic acid groups (broad SMARTS) is 1. The Balaban J connectivity index is 1.36. The van der Waals surface area contributed by atoms with Crippen LogP contribution in [0.5, 0.6) is 0 Å². The molecule has 0 aromatic heterocycles. The van der Waals surface area contributed by atoms with Crippen molar-refractivity contribution in [2.24, 2.45) is 41.4 Å². The smallest absolute Gasteiger partial charge is 0.309 e. The maximum absolute atomic E-state index is 14.7. The van der Waals surface area contributed by atoms with Crippen LogP contribution in [0.25, 0.3) is 0 Å². The highest BCUT2D eigenvalue weighted by Crippen LogP contribution is 2.54. The third-order valence-corrected chi connectivity index (χ3v) is 15.9. The van der Waals surface area contributed by atoms with Gasteiger partial charge in [0.05, 0.1) is 59.8 Å². The first-order valence-electron chi connectivity index (χ1n) is 23.8. The van der Waals surface area contributed by atoms with Crippen molar-refractivity contribution in [1.29, 1.82) is 0 Å². The van der Waals surface area contributed by atoms with E-state index in [1.807, 2.05) is 41.5 Å². The topological polar surface area (TPSA) is 153 Å². The molecule has 5 heterocycles. The van der Waals surface area contributed by atoms with E-state index in [1.165, 1.54) is 12.8 Å². The molecular formula is C48H83NO10. The minimum atomic E-state index is -1.13. The van der Waals surface area contributed by atoms with Crippen LogP contribution in [0.3, 0.4) is 0 Å². The summed E-state index contributed by atoms with van der Waals surface area (Å²) in [6.45, 7) is 23.2. The second kappa shape index (κ2) is 19.9. The van der Waals surface area contributed by atoms with Gasteiger partial charge in [-0.15, -0.1) is 0 Å². The Morgan fingerprint density at radius 3 is 2.20 bits per heavy atom. The van der Waals surface area contributed by atoms with E-state index in [0.717, 1.165) is 38.6 Å². The summed E-state index contributed by atoms with van der Waals surface area (Å²) in [6.07, 6.45) is 12.7. The van der Waals surface area contributed by atoms with Crippen molar-refractivity contribution in [1.82, 2.24) is 5.32 Å². The Kier molecular flexibility index (Phi) is 16.4. The van der Waals surface area contributed by atoms with E-state index in [9.17, 15) is 24.9 Å². The molecule has 18 atom stereocenters. The minimum absolute atomic E-state index is 0.0281. The number of rotatable bonds is 18. The van der Waals surface area contributed by atoms with E-state index in [4.69, 9.17) is 23.7 Å². The standard InChI is InChI=1S/C48H83NO10/c1-12-16-17-18-27-49-38-21-24-47(59-48(38)26-25-45(11,58-48)39-22-23-46(54,15-4)34(10)55-39)31(7)28-30(6)43(57-47)36(14-3)41(51)32(8)40(50)33(9)42-29(5)19-20-37(56-42)35(13-2)44(52)53/h21,24,29-40,42-43,49-50,54H,12-20,22-23,25-28H2,1-11H3,(H,52,53)/t29-,30-,31+,32-,33-,34-,35?,36-,37?,38+,39+,40+,42?,43-,45-,46+,47-,48-/m0/s1. The Bertz CT molecular complexity index is 1430. The fraction of sp³-hybridized carbons (Fsp3) is 0.917. The molecule has 5 aliphatic heterocycles. The van der Waals surface area contributed by atoms with E-state index in [1.54, 1.807) is 0 Å². The second-order valence-electron chi connectivity index (χ2n) is 20.0. The van der Waals surface area contributed by atoms with Crippen LogP contribution < -0.4 is 5.32 Å². The number of carboxylic acids is 1. The molecule has 2 spiro atoms. The Morgan fingerprint density at radius 2 is 1.58 bits per heavy atom. The number of hydrogen-bond acceptors (Lipinski definition) is 10. The maximum Gasteiger partial charge on any atom is 0.309 e. The van der Waals surface area contributed by atoms with Gasteiger partial charge in [0, 0.05) is 30.1 Å². The number of ether oxygens (including phenoxy) is 5. The van der Waals surface area contributed by atoms with Crippen molar-refractivity contribution in [3.05, 3.63) is 12.2 Å². The quantitative estimate of drug-likeness (QED) is 0.0779. The summed E-state index contributed by atoms with van der Waals surface area (Å²) < 4.78 is 34.9. The van der Waals surface area contributed by atoms with Crippen LogP contribution in [0.4, 0.5) is 0 Å². The van der Waals surface area contributed by atoms with Crippen molar-refractivity contribution < 1.29 is 48.6 Å². The lowest BCUT2D eigenvalue weighted by molar-refractivity contribution is -0.398. The highest BCUT2D eigenvalue weighted by atomic mass is 16.8. The summed E-state index contributed by atoms with van der Waals surface area (Å²) in [7, 11) is 0. The van der Waals surface area contributed by atoms with Crippen LogP contribution in [0.2, 0.25) is 0 Å². The number of hydrogen-bond donors (Lipinski definition) is 4. The number of aliphatic hydroxyl groups is 2. The second-order valence-corrected chi connectivity index (χ2v) is 20.0. The van der Waals surface area contributed by atoms with E-state index in [-0.39, 0.29) is 53.8 Å². The van der Waals surface area contributed by atoms with Crippen molar-refractivity contribution in [3.8, 4) is 0 Å². The predicted octanol–water partition coefficient (Wildman–Crippen LogP) is 8.37. The third kappa shape index (κ3) is 10.0. The molecule has 0 aliphatic carbocycles. The largest absolute Gasteiger partial charge is 0.481 e. The number of unbranched alkanes of at least 4 members (excludes halogenated alkanes) is 3. The van der Waals surface area contributed by atoms with Gasteiger partial charge in [-0.1, -0.05) is 87.7 Å². The van der Waals surface area contributed by atoms with Gasteiger partial charge in [-0.3, -0.25) is 9.59 Å². The number of aliphatic carboxylic acids is 1. The van der Waals surface area contributed by atoms with Gasteiger partial charge in [0.1, 0.15) is 5.78 Å². The molecule has 11 heteroatoms. The zero-order valence-electron chi connectivity index (χ0n) is 38.5. The lowest BCUT2D eigenvalue weighted by Gasteiger charge is -2.55. The molecule has 0 saturated carbocycles. The Labute approximate surface area is 356 Å². The van der Waals surface area contributed by atoms with Gasteiger partial charge < -0.3 is 44.3 Å². The zero-order chi connectivity index (χ0) is 43.5. The molecule has 4 saturated heterocycles. The average molecular weight is 834 g/mol. The first-order chi connectivity index (χ1) is 27.8. The molecule has 0 radical (unpaired) electrons. The van der Waals surface area contributed by atoms with E-state index in [2.05, 4.69) is 52.1 Å². The van der Waals surface area contributed by atoms with Crippen molar-refractivity contribution in [2.45, 2.75) is 231 Å². The van der Waals surface area contributed by atoms with Crippen molar-refractivity contribution >= 4 is 11.8 Å². The van der Waals surface area contributed by atoms with Crippen LogP contribution in [0.1, 0.15) is 166 Å². The summed E-state index contributed by atoms with van der Waals surface area (Å²) in [6, 6.07) is -0.217. The molecule has 0 amide bonds. The lowest BCUT2D eigenvalue weighted by atomic mass is 9.72. The van der Waals surface area contributed by atoms with Gasteiger partial charge in [0.15, 0.2) is 11.6 Å². The van der Waals surface area contributed by atoms with Gasteiger partial charge in [0.25, 0.3) is 0 Å². The molecule has 0 aromatic rings. The first kappa shape index (κ1) is 48.6.